The van der Waals surface area contributed by atoms with Gasteiger partial charge in [-0.3, -0.25) is 9.48 Å². The maximum atomic E-state index is 13.4. The molecule has 0 saturated carbocycles. The highest BCUT2D eigenvalue weighted by atomic mass is 32.1. The molecule has 0 bridgehead atoms. The first-order valence-electron chi connectivity index (χ1n) is 11.7. The molecule has 2 aliphatic heterocycles. The molecule has 2 aromatic rings. The smallest absolute Gasteiger partial charge is 0.297 e. The van der Waals surface area contributed by atoms with E-state index in [1.54, 1.807) is 11.3 Å². The van der Waals surface area contributed by atoms with Crippen molar-refractivity contribution in [1.29, 1.82) is 0 Å². The van der Waals surface area contributed by atoms with Gasteiger partial charge in [-0.25, -0.2) is 0 Å². The molecule has 32 heavy (non-hydrogen) atoms. The number of ether oxygens (including phenoxy) is 1. The molecule has 0 spiro atoms. The fourth-order valence-corrected chi connectivity index (χ4v) is 4.97. The van der Waals surface area contributed by atoms with Gasteiger partial charge in [0.05, 0.1) is 18.3 Å². The number of nitrogens with one attached hydrogen (secondary N) is 1. The van der Waals surface area contributed by atoms with Gasteiger partial charge in [0.25, 0.3) is 5.91 Å². The molecular formula is C24H37N5O2S. The lowest BCUT2D eigenvalue weighted by atomic mass is 9.92. The fourth-order valence-electron chi connectivity index (χ4n) is 3.91. The summed E-state index contributed by atoms with van der Waals surface area (Å²) in [7, 11) is 0. The molecule has 2 aromatic heterocycles. The molecule has 0 aliphatic carbocycles. The summed E-state index contributed by atoms with van der Waals surface area (Å²) < 4.78 is 9.84. The lowest BCUT2D eigenvalue weighted by Gasteiger charge is -2.27. The predicted molar refractivity (Wildman–Crippen MR) is 127 cm³/mol. The van der Waals surface area contributed by atoms with Crippen LogP contribution in [0.5, 0.6) is 0 Å². The molecule has 1 amide bonds. The van der Waals surface area contributed by atoms with Crippen molar-refractivity contribution in [3.63, 3.8) is 0 Å². The van der Waals surface area contributed by atoms with Crippen molar-refractivity contribution in [3.05, 3.63) is 33.3 Å². The van der Waals surface area contributed by atoms with E-state index in [4.69, 9.17) is 9.84 Å². The number of thiazole rings is 1. The molecule has 8 heteroatoms. The van der Waals surface area contributed by atoms with Crippen LogP contribution in [0.25, 0.3) is 0 Å². The van der Waals surface area contributed by atoms with Crippen LogP contribution in [0.3, 0.4) is 0 Å². The van der Waals surface area contributed by atoms with E-state index in [2.05, 4.69) is 62.6 Å². The second-order valence-electron chi connectivity index (χ2n) is 11.2. The van der Waals surface area contributed by atoms with Crippen LogP contribution in [0.4, 0.5) is 0 Å². The molecule has 1 N–H and O–H groups in total. The van der Waals surface area contributed by atoms with E-state index in [1.807, 2.05) is 10.7 Å². The van der Waals surface area contributed by atoms with E-state index in [0.717, 1.165) is 56.1 Å². The molecule has 2 aliphatic rings. The second kappa shape index (κ2) is 8.88. The third kappa shape index (κ3) is 5.24. The number of amides is 1. The van der Waals surface area contributed by atoms with Gasteiger partial charge in [0.15, 0.2) is 4.80 Å². The van der Waals surface area contributed by atoms with Gasteiger partial charge in [0.1, 0.15) is 5.69 Å². The van der Waals surface area contributed by atoms with Gasteiger partial charge in [-0.05, 0) is 24.3 Å². The Morgan fingerprint density at radius 3 is 2.53 bits per heavy atom. The Morgan fingerprint density at radius 2 is 1.97 bits per heavy atom. The van der Waals surface area contributed by atoms with Crippen LogP contribution >= 0.6 is 11.3 Å². The van der Waals surface area contributed by atoms with Gasteiger partial charge < -0.3 is 14.6 Å². The summed E-state index contributed by atoms with van der Waals surface area (Å²) in [5.74, 6) is 0.289. The molecule has 4 rings (SSSR count). The first kappa shape index (κ1) is 23.4. The minimum atomic E-state index is -0.219. The van der Waals surface area contributed by atoms with Crippen LogP contribution < -0.4 is 10.1 Å². The summed E-state index contributed by atoms with van der Waals surface area (Å²) in [6.07, 6.45) is 4.49. The van der Waals surface area contributed by atoms with Crippen LogP contribution in [0.2, 0.25) is 0 Å². The Labute approximate surface area is 194 Å². The molecule has 4 heterocycles. The van der Waals surface area contributed by atoms with Crippen molar-refractivity contribution in [3.8, 4) is 0 Å². The number of hydrogen-bond donors (Lipinski definition) is 1. The van der Waals surface area contributed by atoms with Gasteiger partial charge in [0, 0.05) is 48.6 Å². The number of nitrogens with zero attached hydrogens (tertiary/aromatic N) is 4. The zero-order valence-electron chi connectivity index (χ0n) is 20.3. The van der Waals surface area contributed by atoms with Crippen molar-refractivity contribution in [2.75, 3.05) is 19.7 Å². The summed E-state index contributed by atoms with van der Waals surface area (Å²) in [5.41, 5.74) is 1.38. The summed E-state index contributed by atoms with van der Waals surface area (Å²) in [6.45, 7) is 17.2. The molecule has 2 saturated heterocycles. The highest BCUT2D eigenvalue weighted by Gasteiger charge is 2.27. The fraction of sp³-hybridized carbons (Fsp3) is 0.708. The van der Waals surface area contributed by atoms with E-state index < -0.39 is 0 Å². The maximum Gasteiger partial charge on any atom is 0.297 e. The quantitative estimate of drug-likeness (QED) is 0.743. The highest BCUT2D eigenvalue weighted by Crippen LogP contribution is 2.26. The van der Waals surface area contributed by atoms with Gasteiger partial charge in [0.2, 0.25) is 0 Å². The van der Waals surface area contributed by atoms with E-state index in [9.17, 15) is 4.79 Å². The molecule has 0 radical (unpaired) electrons. The molecule has 0 aromatic carbocycles. The third-order valence-electron chi connectivity index (χ3n) is 6.15. The lowest BCUT2D eigenvalue weighted by molar-refractivity contribution is 0.0945. The molecular weight excluding hydrogens is 422 g/mol. The zero-order valence-corrected chi connectivity index (χ0v) is 21.1. The predicted octanol–water partition coefficient (Wildman–Crippen LogP) is 3.48. The maximum absolute atomic E-state index is 13.4. The Bertz CT molecular complexity index is 1020. The SMILES string of the molecule is CC(C)(C)c1cc(C(=O)N=c2sc(C(C)(C)C)cn2C[C@H]2CCCO2)n(CC2CNC2)n1. The zero-order chi connectivity index (χ0) is 23.1. The molecule has 1 atom stereocenters. The number of aromatic nitrogens is 3. The van der Waals surface area contributed by atoms with Gasteiger partial charge >= 0.3 is 0 Å². The Balaban J connectivity index is 1.70. The normalized spacial score (nSPS) is 20.7. The van der Waals surface area contributed by atoms with Crippen LogP contribution in [0.1, 0.15) is 75.4 Å². The summed E-state index contributed by atoms with van der Waals surface area (Å²) in [4.78, 5) is 20.0. The van der Waals surface area contributed by atoms with E-state index in [-0.39, 0.29) is 22.8 Å². The van der Waals surface area contributed by atoms with E-state index in [0.29, 0.717) is 11.6 Å². The molecule has 0 unspecified atom stereocenters. The van der Waals surface area contributed by atoms with E-state index >= 15 is 0 Å². The van der Waals surface area contributed by atoms with Crippen LogP contribution in [0, 0.1) is 5.92 Å². The lowest BCUT2D eigenvalue weighted by Crippen LogP contribution is -2.44. The minimum absolute atomic E-state index is 0.00182. The topological polar surface area (TPSA) is 73.4 Å². The van der Waals surface area contributed by atoms with Crippen molar-refractivity contribution >= 4 is 17.2 Å². The number of carbonyl (C=O) groups excluding carboxylic acids is 1. The van der Waals surface area contributed by atoms with Crippen LogP contribution in [-0.4, -0.2) is 46.1 Å². The van der Waals surface area contributed by atoms with Gasteiger partial charge in [-0.1, -0.05) is 41.5 Å². The minimum Gasteiger partial charge on any atom is -0.376 e. The van der Waals surface area contributed by atoms with E-state index in [1.165, 1.54) is 4.88 Å². The Hall–Kier alpha value is -1.77. The van der Waals surface area contributed by atoms with Gasteiger partial charge in [-0.2, -0.15) is 10.1 Å². The second-order valence-corrected chi connectivity index (χ2v) is 12.2. The molecule has 2 fully saturated rings. The standard InChI is InChI=1S/C24H37N5O2S/c1-23(2,3)19-10-18(29(27-19)13-16-11-25-12-16)21(30)26-22-28(14-17-8-7-9-31-17)15-20(32-22)24(4,5)6/h10,15-17,25H,7-9,11-14H2,1-6H3/t17-/m1/s1. The number of rotatable bonds is 5. The largest absolute Gasteiger partial charge is 0.376 e. The summed E-state index contributed by atoms with van der Waals surface area (Å²) >= 11 is 1.60. The Morgan fingerprint density at radius 1 is 1.22 bits per heavy atom. The van der Waals surface area contributed by atoms with Crippen molar-refractivity contribution < 1.29 is 9.53 Å². The molecule has 7 nitrogen and oxygen atoms in total. The number of carbonyl (C=O) groups is 1. The highest BCUT2D eigenvalue weighted by molar-refractivity contribution is 7.09. The first-order valence-corrected chi connectivity index (χ1v) is 12.5. The van der Waals surface area contributed by atoms with Crippen LogP contribution in [-0.2, 0) is 28.7 Å². The van der Waals surface area contributed by atoms with Crippen molar-refractivity contribution in [2.45, 2.75) is 84.4 Å². The Kier molecular flexibility index (Phi) is 6.49. The van der Waals surface area contributed by atoms with Crippen molar-refractivity contribution in [1.82, 2.24) is 19.7 Å². The van der Waals surface area contributed by atoms with Crippen molar-refractivity contribution in [2.24, 2.45) is 10.9 Å². The average Bonchev–Trinajstić information content (AvgIpc) is 3.37. The monoisotopic (exact) mass is 459 g/mol. The van der Waals surface area contributed by atoms with Gasteiger partial charge in [-0.15, -0.1) is 11.3 Å². The average molecular weight is 460 g/mol. The summed E-state index contributed by atoms with van der Waals surface area (Å²) in [5, 5.41) is 8.10. The molecule has 176 valence electrons. The third-order valence-corrected chi connectivity index (χ3v) is 7.59. The number of hydrogen-bond acceptors (Lipinski definition) is 5. The van der Waals surface area contributed by atoms with Crippen LogP contribution in [0.15, 0.2) is 17.3 Å². The summed E-state index contributed by atoms with van der Waals surface area (Å²) in [6, 6.07) is 1.93. The first-order chi connectivity index (χ1) is 15.0.